The molecule has 0 aliphatic rings. The minimum absolute atomic E-state index is 0.178. The van der Waals surface area contributed by atoms with Crippen LogP contribution in [0.1, 0.15) is 21.1 Å². The van der Waals surface area contributed by atoms with E-state index >= 15 is 0 Å². The predicted molar refractivity (Wildman–Crippen MR) is 90.9 cm³/mol. The Morgan fingerprint density at radius 2 is 2.12 bits per heavy atom. The number of carbonyl (C=O) groups is 1. The zero-order valence-electron chi connectivity index (χ0n) is 13.2. The van der Waals surface area contributed by atoms with Gasteiger partial charge in [-0.1, -0.05) is 16.5 Å². The molecular formula is C17H13FN4O2S. The second kappa shape index (κ2) is 6.14. The molecule has 4 aromatic rings. The molecule has 3 heterocycles. The van der Waals surface area contributed by atoms with Gasteiger partial charge in [0.25, 0.3) is 5.91 Å². The molecule has 8 heteroatoms. The Bertz CT molecular complexity index is 1030. The molecule has 25 heavy (non-hydrogen) atoms. The molecule has 0 aliphatic carbocycles. The highest BCUT2D eigenvalue weighted by Gasteiger charge is 2.15. The Balaban J connectivity index is 1.56. The predicted octanol–water partition coefficient (Wildman–Crippen LogP) is 3.43. The third-order valence-electron chi connectivity index (χ3n) is 3.86. The Kier molecular flexibility index (Phi) is 3.81. The quantitative estimate of drug-likeness (QED) is 0.608. The molecule has 0 unspecified atom stereocenters. The van der Waals surface area contributed by atoms with Crippen LogP contribution in [0.5, 0.6) is 0 Å². The molecule has 6 nitrogen and oxygen atoms in total. The van der Waals surface area contributed by atoms with Gasteiger partial charge in [-0.05, 0) is 31.2 Å². The summed E-state index contributed by atoms with van der Waals surface area (Å²) >= 11 is 1.50. The number of nitrogens with zero attached hydrogens (tertiary/aromatic N) is 3. The van der Waals surface area contributed by atoms with Crippen molar-refractivity contribution in [1.82, 2.24) is 19.9 Å². The van der Waals surface area contributed by atoms with Crippen molar-refractivity contribution < 1.29 is 13.7 Å². The normalized spacial score (nSPS) is 11.1. The summed E-state index contributed by atoms with van der Waals surface area (Å²) < 4.78 is 19.8. The molecule has 0 aliphatic heterocycles. The zero-order valence-corrected chi connectivity index (χ0v) is 14.0. The van der Waals surface area contributed by atoms with E-state index in [4.69, 9.17) is 4.52 Å². The van der Waals surface area contributed by atoms with Crippen LogP contribution in [0.15, 0.2) is 47.2 Å². The van der Waals surface area contributed by atoms with E-state index in [1.165, 1.54) is 35.7 Å². The highest BCUT2D eigenvalue weighted by atomic mass is 32.1. The van der Waals surface area contributed by atoms with Gasteiger partial charge >= 0.3 is 0 Å². The number of rotatable bonds is 4. The van der Waals surface area contributed by atoms with Gasteiger partial charge in [0, 0.05) is 28.4 Å². The molecule has 3 aromatic heterocycles. The summed E-state index contributed by atoms with van der Waals surface area (Å²) in [5.41, 5.74) is 2.64. The van der Waals surface area contributed by atoms with E-state index in [1.54, 1.807) is 12.1 Å². The molecule has 1 aromatic carbocycles. The number of amides is 1. The minimum atomic E-state index is -0.310. The highest BCUT2D eigenvalue weighted by molar-refractivity contribution is 7.17. The van der Waals surface area contributed by atoms with Crippen LogP contribution in [-0.4, -0.2) is 20.4 Å². The lowest BCUT2D eigenvalue weighted by atomic mass is 10.2. The van der Waals surface area contributed by atoms with E-state index in [0.717, 1.165) is 26.8 Å². The molecule has 1 N–H and O–H groups in total. The summed E-state index contributed by atoms with van der Waals surface area (Å²) in [5.74, 6) is -0.404. The van der Waals surface area contributed by atoms with E-state index < -0.39 is 0 Å². The SMILES string of the molecule is Cc1c(CNC(=O)c2ccno2)sc2nc(-c3ccc(F)cc3)cn12. The fraction of sp³-hybridized carbons (Fsp3) is 0.118. The first kappa shape index (κ1) is 15.5. The fourth-order valence-corrected chi connectivity index (χ4v) is 3.54. The zero-order chi connectivity index (χ0) is 17.4. The molecule has 0 radical (unpaired) electrons. The minimum Gasteiger partial charge on any atom is -0.351 e. The second-order valence-corrected chi connectivity index (χ2v) is 6.52. The molecule has 0 fully saturated rings. The van der Waals surface area contributed by atoms with Crippen molar-refractivity contribution in [3.8, 4) is 11.3 Å². The topological polar surface area (TPSA) is 72.4 Å². The molecule has 126 valence electrons. The van der Waals surface area contributed by atoms with Crippen molar-refractivity contribution in [2.24, 2.45) is 0 Å². The number of hydrogen-bond donors (Lipinski definition) is 1. The third kappa shape index (κ3) is 2.91. The van der Waals surface area contributed by atoms with E-state index in [1.807, 2.05) is 17.5 Å². The van der Waals surface area contributed by atoms with E-state index in [2.05, 4.69) is 15.5 Å². The number of imidazole rings is 1. The molecule has 0 bridgehead atoms. The third-order valence-corrected chi connectivity index (χ3v) is 5.02. The summed E-state index contributed by atoms with van der Waals surface area (Å²) in [6, 6.07) is 7.75. The lowest BCUT2D eigenvalue weighted by Gasteiger charge is -2.02. The van der Waals surface area contributed by atoms with E-state index in [0.29, 0.717) is 6.54 Å². The van der Waals surface area contributed by atoms with Crippen LogP contribution in [0.3, 0.4) is 0 Å². The second-order valence-electron chi connectivity index (χ2n) is 5.46. The fourth-order valence-electron chi connectivity index (χ4n) is 2.50. The lowest BCUT2D eigenvalue weighted by Crippen LogP contribution is -2.22. The van der Waals surface area contributed by atoms with Crippen LogP contribution >= 0.6 is 11.3 Å². The molecule has 0 atom stereocenters. The first-order valence-corrected chi connectivity index (χ1v) is 8.35. The Morgan fingerprint density at radius 1 is 1.32 bits per heavy atom. The van der Waals surface area contributed by atoms with Crippen molar-refractivity contribution in [1.29, 1.82) is 0 Å². The molecular weight excluding hydrogens is 343 g/mol. The summed E-state index contributed by atoms with van der Waals surface area (Å²) in [6.07, 6.45) is 3.34. The van der Waals surface area contributed by atoms with Gasteiger partial charge in [-0.2, -0.15) is 0 Å². The molecule has 0 spiro atoms. The van der Waals surface area contributed by atoms with Gasteiger partial charge in [0.05, 0.1) is 18.4 Å². The van der Waals surface area contributed by atoms with Crippen LogP contribution in [-0.2, 0) is 6.54 Å². The smallest absolute Gasteiger partial charge is 0.290 e. The summed E-state index contributed by atoms with van der Waals surface area (Å²) in [4.78, 5) is 18.3. The maximum Gasteiger partial charge on any atom is 0.290 e. The largest absolute Gasteiger partial charge is 0.351 e. The Morgan fingerprint density at radius 3 is 2.80 bits per heavy atom. The van der Waals surface area contributed by atoms with Crippen molar-refractivity contribution in [3.63, 3.8) is 0 Å². The van der Waals surface area contributed by atoms with Crippen LogP contribution in [0.25, 0.3) is 16.2 Å². The molecule has 0 saturated carbocycles. The average Bonchev–Trinajstić information content (AvgIpc) is 3.32. The number of carbonyl (C=O) groups excluding carboxylic acids is 1. The number of benzene rings is 1. The molecule has 4 rings (SSSR count). The van der Waals surface area contributed by atoms with Gasteiger partial charge in [0.15, 0.2) is 4.96 Å². The molecule has 0 saturated heterocycles. The number of aromatic nitrogens is 3. The van der Waals surface area contributed by atoms with Gasteiger partial charge in [-0.25, -0.2) is 9.37 Å². The molecule has 1 amide bonds. The maximum absolute atomic E-state index is 13.0. The maximum atomic E-state index is 13.0. The van der Waals surface area contributed by atoms with Crippen LogP contribution in [0, 0.1) is 12.7 Å². The summed E-state index contributed by atoms with van der Waals surface area (Å²) in [6.45, 7) is 2.35. The van der Waals surface area contributed by atoms with Crippen LogP contribution < -0.4 is 5.32 Å². The van der Waals surface area contributed by atoms with Crippen molar-refractivity contribution in [3.05, 3.63) is 64.9 Å². The first-order chi connectivity index (χ1) is 12.1. The Labute approximate surface area is 145 Å². The van der Waals surface area contributed by atoms with E-state index in [9.17, 15) is 9.18 Å². The van der Waals surface area contributed by atoms with Crippen LogP contribution in [0.4, 0.5) is 4.39 Å². The van der Waals surface area contributed by atoms with Gasteiger partial charge in [-0.15, -0.1) is 0 Å². The number of nitrogens with one attached hydrogen (secondary N) is 1. The monoisotopic (exact) mass is 356 g/mol. The first-order valence-electron chi connectivity index (χ1n) is 7.54. The average molecular weight is 356 g/mol. The number of thiazole rings is 1. The highest BCUT2D eigenvalue weighted by Crippen LogP contribution is 2.27. The van der Waals surface area contributed by atoms with Gasteiger partial charge < -0.3 is 9.84 Å². The Hall–Kier alpha value is -3.00. The van der Waals surface area contributed by atoms with Gasteiger partial charge in [0.1, 0.15) is 5.82 Å². The summed E-state index contributed by atoms with van der Waals surface area (Å²) in [7, 11) is 0. The lowest BCUT2D eigenvalue weighted by molar-refractivity contribution is 0.0914. The standard InChI is InChI=1S/C17H13FN4O2S/c1-10-15(8-19-16(23)14-6-7-20-24-14)25-17-21-13(9-22(10)17)11-2-4-12(18)5-3-11/h2-7,9H,8H2,1H3,(H,19,23). The van der Waals surface area contributed by atoms with E-state index in [-0.39, 0.29) is 17.5 Å². The summed E-state index contributed by atoms with van der Waals surface area (Å²) in [5, 5.41) is 6.32. The number of aryl methyl sites for hydroxylation is 1. The van der Waals surface area contributed by atoms with Crippen molar-refractivity contribution in [2.45, 2.75) is 13.5 Å². The number of fused-ring (bicyclic) bond motifs is 1. The van der Waals surface area contributed by atoms with Gasteiger partial charge in [0.2, 0.25) is 5.76 Å². The van der Waals surface area contributed by atoms with Crippen molar-refractivity contribution in [2.75, 3.05) is 0 Å². The number of halogens is 1. The van der Waals surface area contributed by atoms with Crippen LogP contribution in [0.2, 0.25) is 0 Å². The van der Waals surface area contributed by atoms with Gasteiger partial charge in [-0.3, -0.25) is 9.20 Å². The number of hydrogen-bond acceptors (Lipinski definition) is 5. The van der Waals surface area contributed by atoms with Crippen molar-refractivity contribution >= 4 is 22.2 Å².